The molecule has 0 saturated carbocycles. The van der Waals surface area contributed by atoms with Crippen LogP contribution >= 0.6 is 0 Å². The number of anilines is 1. The van der Waals surface area contributed by atoms with Gasteiger partial charge in [0, 0.05) is 38.8 Å². The van der Waals surface area contributed by atoms with Crippen LogP contribution in [0.5, 0.6) is 5.75 Å². The van der Waals surface area contributed by atoms with Crippen LogP contribution in [0.2, 0.25) is 0 Å². The lowest BCUT2D eigenvalue weighted by molar-refractivity contribution is 0.0949. The maximum absolute atomic E-state index is 12.4. The lowest BCUT2D eigenvalue weighted by atomic mass is 10.1. The molecule has 26 heavy (non-hydrogen) atoms. The van der Waals surface area contributed by atoms with Crippen LogP contribution in [0.15, 0.2) is 36.7 Å². The fraction of sp³-hybridized carbons (Fsp3) is 0.421. The largest absolute Gasteiger partial charge is 0.496 e. The minimum absolute atomic E-state index is 0.183. The monoisotopic (exact) mass is 355 g/mol. The Morgan fingerprint density at radius 1 is 1.19 bits per heavy atom. The van der Waals surface area contributed by atoms with E-state index in [1.54, 1.807) is 13.2 Å². The Morgan fingerprint density at radius 2 is 1.96 bits per heavy atom. The smallest absolute Gasteiger partial charge is 0.270 e. The molecule has 2 aromatic rings. The van der Waals surface area contributed by atoms with Gasteiger partial charge in [-0.1, -0.05) is 18.2 Å². The third-order valence-corrected chi connectivity index (χ3v) is 4.58. The summed E-state index contributed by atoms with van der Waals surface area (Å²) < 4.78 is 5.34. The molecule has 1 aliphatic rings. The van der Waals surface area contributed by atoms with E-state index in [1.807, 2.05) is 24.3 Å². The van der Waals surface area contributed by atoms with Gasteiger partial charge in [0.15, 0.2) is 0 Å². The number of rotatable bonds is 6. The summed E-state index contributed by atoms with van der Waals surface area (Å²) in [7, 11) is 3.76. The summed E-state index contributed by atoms with van der Waals surface area (Å²) in [5.41, 5.74) is 1.46. The molecule has 0 radical (unpaired) electrons. The second-order valence-corrected chi connectivity index (χ2v) is 6.37. The Hall–Kier alpha value is -2.67. The zero-order valence-corrected chi connectivity index (χ0v) is 15.3. The Morgan fingerprint density at radius 3 is 2.73 bits per heavy atom. The number of hydrogen-bond acceptors (Lipinski definition) is 6. The van der Waals surface area contributed by atoms with Crippen LogP contribution in [0.25, 0.3) is 0 Å². The van der Waals surface area contributed by atoms with Crippen molar-refractivity contribution in [3.8, 4) is 5.75 Å². The quantitative estimate of drug-likeness (QED) is 0.840. The fourth-order valence-electron chi connectivity index (χ4n) is 2.99. The molecule has 1 fully saturated rings. The van der Waals surface area contributed by atoms with Gasteiger partial charge in [0.1, 0.15) is 23.6 Å². The standard InChI is InChI=1S/C19H25N5O2/c1-23-9-11-24(12-10-23)18-13-16(21-14-22-18)19(25)20-8-7-15-5-3-4-6-17(15)26-2/h3-6,13-14H,7-12H2,1-2H3,(H,20,25). The van der Waals surface area contributed by atoms with Gasteiger partial charge in [0.05, 0.1) is 7.11 Å². The topological polar surface area (TPSA) is 70.6 Å². The van der Waals surface area contributed by atoms with Gasteiger partial charge in [-0.2, -0.15) is 0 Å². The Bertz CT molecular complexity index is 744. The fourth-order valence-corrected chi connectivity index (χ4v) is 2.99. The Balaban J connectivity index is 1.57. The molecule has 1 aromatic carbocycles. The normalized spacial score (nSPS) is 14.9. The van der Waals surface area contributed by atoms with Crippen LogP contribution in [0.4, 0.5) is 5.82 Å². The molecule has 1 N–H and O–H groups in total. The van der Waals surface area contributed by atoms with Crippen LogP contribution in [0.1, 0.15) is 16.1 Å². The molecule has 1 aromatic heterocycles. The molecule has 0 bridgehead atoms. The van der Waals surface area contributed by atoms with Crippen molar-refractivity contribution in [1.29, 1.82) is 0 Å². The summed E-state index contributed by atoms with van der Waals surface area (Å²) in [6.45, 7) is 4.31. The molecule has 1 amide bonds. The van der Waals surface area contributed by atoms with Crippen LogP contribution < -0.4 is 15.0 Å². The van der Waals surface area contributed by atoms with Gasteiger partial charge >= 0.3 is 0 Å². The number of amides is 1. The minimum atomic E-state index is -0.183. The van der Waals surface area contributed by atoms with E-state index in [1.165, 1.54) is 6.33 Å². The summed E-state index contributed by atoms with van der Waals surface area (Å²) in [4.78, 5) is 25.3. The van der Waals surface area contributed by atoms with Crippen molar-refractivity contribution in [1.82, 2.24) is 20.2 Å². The summed E-state index contributed by atoms with van der Waals surface area (Å²) in [5.74, 6) is 1.46. The van der Waals surface area contributed by atoms with E-state index in [-0.39, 0.29) is 5.91 Å². The first-order valence-corrected chi connectivity index (χ1v) is 8.83. The van der Waals surface area contributed by atoms with Crippen molar-refractivity contribution in [2.75, 3.05) is 51.8 Å². The maximum Gasteiger partial charge on any atom is 0.270 e. The van der Waals surface area contributed by atoms with E-state index in [4.69, 9.17) is 4.74 Å². The van der Waals surface area contributed by atoms with Gasteiger partial charge in [0.25, 0.3) is 5.91 Å². The van der Waals surface area contributed by atoms with Gasteiger partial charge in [-0.25, -0.2) is 9.97 Å². The summed E-state index contributed by atoms with van der Waals surface area (Å²) >= 11 is 0. The van der Waals surface area contributed by atoms with E-state index < -0.39 is 0 Å². The molecule has 0 atom stereocenters. The SMILES string of the molecule is COc1ccccc1CCNC(=O)c1cc(N2CCN(C)CC2)ncn1. The highest BCUT2D eigenvalue weighted by Crippen LogP contribution is 2.17. The van der Waals surface area contributed by atoms with E-state index in [2.05, 4.69) is 32.1 Å². The first kappa shape index (κ1) is 18.1. The molecule has 7 nitrogen and oxygen atoms in total. The molecule has 0 unspecified atom stereocenters. The molecule has 0 spiro atoms. The molecule has 0 aliphatic carbocycles. The van der Waals surface area contributed by atoms with Crippen LogP contribution in [-0.2, 0) is 6.42 Å². The van der Waals surface area contributed by atoms with Crippen LogP contribution in [0, 0.1) is 0 Å². The van der Waals surface area contributed by atoms with Gasteiger partial charge in [-0.15, -0.1) is 0 Å². The number of methoxy groups -OCH3 is 1. The van der Waals surface area contributed by atoms with E-state index in [0.29, 0.717) is 18.7 Å². The van der Waals surface area contributed by atoms with Crippen molar-refractivity contribution < 1.29 is 9.53 Å². The van der Waals surface area contributed by atoms with Crippen LogP contribution in [0.3, 0.4) is 0 Å². The van der Waals surface area contributed by atoms with Gasteiger partial charge in [0.2, 0.25) is 0 Å². The predicted molar refractivity (Wildman–Crippen MR) is 101 cm³/mol. The summed E-state index contributed by atoms with van der Waals surface area (Å²) in [5, 5.41) is 2.92. The van der Waals surface area contributed by atoms with Crippen molar-refractivity contribution >= 4 is 11.7 Å². The highest BCUT2D eigenvalue weighted by molar-refractivity contribution is 5.92. The number of nitrogens with one attached hydrogen (secondary N) is 1. The summed E-state index contributed by atoms with van der Waals surface area (Å²) in [6.07, 6.45) is 2.16. The number of nitrogens with zero attached hydrogens (tertiary/aromatic N) is 4. The van der Waals surface area contributed by atoms with Crippen LogP contribution in [-0.4, -0.2) is 67.7 Å². The van der Waals surface area contributed by atoms with E-state index in [0.717, 1.165) is 43.3 Å². The lowest BCUT2D eigenvalue weighted by Crippen LogP contribution is -2.45. The number of carbonyl (C=O) groups excluding carboxylic acids is 1. The highest BCUT2D eigenvalue weighted by Gasteiger charge is 2.17. The Labute approximate surface area is 154 Å². The molecule has 138 valence electrons. The second kappa shape index (κ2) is 8.62. The van der Waals surface area contributed by atoms with Crippen molar-refractivity contribution in [2.24, 2.45) is 0 Å². The molecular formula is C19H25N5O2. The number of carbonyl (C=O) groups is 1. The van der Waals surface area contributed by atoms with Gasteiger partial charge in [-0.3, -0.25) is 4.79 Å². The zero-order valence-electron chi connectivity index (χ0n) is 15.3. The summed E-state index contributed by atoms with van der Waals surface area (Å²) in [6, 6.07) is 9.59. The van der Waals surface area contributed by atoms with E-state index in [9.17, 15) is 4.79 Å². The predicted octanol–water partition coefficient (Wildman–Crippen LogP) is 1.21. The minimum Gasteiger partial charge on any atom is -0.496 e. The molecule has 2 heterocycles. The number of ether oxygens (including phenoxy) is 1. The first-order chi connectivity index (χ1) is 12.7. The van der Waals surface area contributed by atoms with E-state index >= 15 is 0 Å². The number of piperazine rings is 1. The van der Waals surface area contributed by atoms with Crippen molar-refractivity contribution in [3.05, 3.63) is 47.9 Å². The number of para-hydroxylation sites is 1. The second-order valence-electron chi connectivity index (χ2n) is 6.37. The highest BCUT2D eigenvalue weighted by atomic mass is 16.5. The lowest BCUT2D eigenvalue weighted by Gasteiger charge is -2.33. The maximum atomic E-state index is 12.4. The third-order valence-electron chi connectivity index (χ3n) is 4.58. The molecule has 1 aliphatic heterocycles. The van der Waals surface area contributed by atoms with Crippen molar-refractivity contribution in [2.45, 2.75) is 6.42 Å². The first-order valence-electron chi connectivity index (χ1n) is 8.83. The van der Waals surface area contributed by atoms with Gasteiger partial charge < -0.3 is 19.9 Å². The number of hydrogen-bond donors (Lipinski definition) is 1. The number of benzene rings is 1. The van der Waals surface area contributed by atoms with Gasteiger partial charge in [-0.05, 0) is 25.1 Å². The third kappa shape index (κ3) is 4.49. The average Bonchev–Trinajstić information content (AvgIpc) is 2.69. The molecular weight excluding hydrogens is 330 g/mol. The molecule has 7 heteroatoms. The molecule has 3 rings (SSSR count). The van der Waals surface area contributed by atoms with Crippen molar-refractivity contribution in [3.63, 3.8) is 0 Å². The number of likely N-dealkylation sites (N-methyl/N-ethyl adjacent to an activating group) is 1. The zero-order chi connectivity index (χ0) is 18.4. The average molecular weight is 355 g/mol. The number of aromatic nitrogens is 2. The Kier molecular flexibility index (Phi) is 6.01. The molecule has 1 saturated heterocycles.